The summed E-state index contributed by atoms with van der Waals surface area (Å²) in [6.45, 7) is 1.68. The molecule has 0 saturated carbocycles. The van der Waals surface area contributed by atoms with Gasteiger partial charge in [0.05, 0.1) is 11.4 Å². The summed E-state index contributed by atoms with van der Waals surface area (Å²) in [5.41, 5.74) is 2.41. The van der Waals surface area contributed by atoms with Crippen LogP contribution in [-0.2, 0) is 5.60 Å². The highest BCUT2D eigenvalue weighted by Gasteiger charge is 2.48. The second-order valence-electron chi connectivity index (χ2n) is 7.45. The van der Waals surface area contributed by atoms with Gasteiger partial charge in [0.1, 0.15) is 11.4 Å². The first-order chi connectivity index (χ1) is 12.7. The fourth-order valence-electron chi connectivity index (χ4n) is 4.42. The predicted octanol–water partition coefficient (Wildman–Crippen LogP) is 4.22. The van der Waals surface area contributed by atoms with E-state index < -0.39 is 11.8 Å². The molecule has 3 aromatic rings. The molecule has 0 amide bonds. The zero-order valence-corrected chi connectivity index (χ0v) is 15.1. The summed E-state index contributed by atoms with van der Waals surface area (Å²) < 4.78 is 28.9. The molecule has 1 unspecified atom stereocenters. The van der Waals surface area contributed by atoms with Crippen LogP contribution in [0.25, 0.3) is 21.9 Å². The van der Waals surface area contributed by atoms with Crippen LogP contribution in [0.5, 0.6) is 5.75 Å². The largest absolute Gasteiger partial charge is 0.507 e. The molecule has 1 aliphatic carbocycles. The van der Waals surface area contributed by atoms with Gasteiger partial charge in [-0.25, -0.2) is 0 Å². The number of benzene rings is 3. The van der Waals surface area contributed by atoms with Crippen LogP contribution in [0.2, 0.25) is 0 Å². The summed E-state index contributed by atoms with van der Waals surface area (Å²) in [5.74, 6) is -0.0362. The zero-order valence-electron chi connectivity index (χ0n) is 15.1. The van der Waals surface area contributed by atoms with Crippen LogP contribution in [0, 0.1) is 0 Å². The minimum Gasteiger partial charge on any atom is -0.507 e. The van der Waals surface area contributed by atoms with Crippen molar-refractivity contribution in [3.63, 3.8) is 0 Å². The average Bonchev–Trinajstić information content (AvgIpc) is 2.96. The molecule has 1 atom stereocenters. The smallest absolute Gasteiger partial charge is 0.413 e. The summed E-state index contributed by atoms with van der Waals surface area (Å²) in [4.78, 5) is 1.83. The van der Waals surface area contributed by atoms with Gasteiger partial charge in [0.25, 0.3) is 0 Å². The monoisotopic (exact) mass is 368 g/mol. The molecule has 1 heterocycles. The highest BCUT2D eigenvalue weighted by Crippen LogP contribution is 2.55. The maximum Gasteiger partial charge on any atom is 0.413 e. The lowest BCUT2D eigenvalue weighted by atomic mass is 9.91. The molecular formula is C21H18F2N2O2. The quantitative estimate of drug-likeness (QED) is 0.584. The Bertz CT molecular complexity index is 1140. The van der Waals surface area contributed by atoms with Crippen LogP contribution < -0.4 is 9.80 Å². The second-order valence-corrected chi connectivity index (χ2v) is 7.45. The van der Waals surface area contributed by atoms with Gasteiger partial charge in [0.2, 0.25) is 0 Å². The number of halogens is 2. The molecule has 27 heavy (non-hydrogen) atoms. The Balaban J connectivity index is 1.92. The number of anilines is 2. The van der Waals surface area contributed by atoms with Gasteiger partial charge < -0.3 is 10.2 Å². The number of aromatic hydroxyl groups is 1. The van der Waals surface area contributed by atoms with Gasteiger partial charge in [-0.1, -0.05) is 24.3 Å². The summed E-state index contributed by atoms with van der Waals surface area (Å²) in [6.07, 6.45) is -3.15. The van der Waals surface area contributed by atoms with Crippen LogP contribution in [0.4, 0.5) is 20.2 Å². The summed E-state index contributed by atoms with van der Waals surface area (Å²) in [7, 11) is 2.68. The van der Waals surface area contributed by atoms with Gasteiger partial charge in [0.15, 0.2) is 0 Å². The summed E-state index contributed by atoms with van der Waals surface area (Å²) in [5, 5.41) is 22.9. The van der Waals surface area contributed by atoms with E-state index in [0.29, 0.717) is 27.7 Å². The van der Waals surface area contributed by atoms with Crippen molar-refractivity contribution in [3.8, 4) is 16.9 Å². The van der Waals surface area contributed by atoms with Crippen molar-refractivity contribution in [3.05, 3.63) is 53.6 Å². The molecule has 0 radical (unpaired) electrons. The first-order valence-corrected chi connectivity index (χ1v) is 8.67. The van der Waals surface area contributed by atoms with Crippen molar-refractivity contribution in [2.45, 2.75) is 18.7 Å². The highest BCUT2D eigenvalue weighted by atomic mass is 19.3. The minimum atomic E-state index is -3.15. The molecule has 5 rings (SSSR count). The number of phenolic OH excluding ortho intramolecular Hbond substituents is 1. The maximum atomic E-state index is 14.5. The van der Waals surface area contributed by atoms with E-state index in [9.17, 15) is 19.0 Å². The van der Waals surface area contributed by atoms with Crippen molar-refractivity contribution in [1.82, 2.24) is 0 Å². The van der Waals surface area contributed by atoms with E-state index in [1.165, 1.54) is 14.1 Å². The Kier molecular flexibility index (Phi) is 2.84. The van der Waals surface area contributed by atoms with Gasteiger partial charge in [-0.15, -0.1) is 0 Å². The standard InChI is InChI=1S/C21H18F2N2O2/c1-20(27)14-7-5-4-6-11(14)19-13-9-17-16(24(2)21(22,23)25(17)3)8-12(13)18(26)10-15(19)20/h4-10,26-27H,1-3H3. The van der Waals surface area contributed by atoms with Crippen molar-refractivity contribution in [2.75, 3.05) is 23.9 Å². The number of rotatable bonds is 0. The van der Waals surface area contributed by atoms with Crippen LogP contribution in [0.15, 0.2) is 42.5 Å². The summed E-state index contributed by atoms with van der Waals surface area (Å²) >= 11 is 0. The number of phenols is 1. The highest BCUT2D eigenvalue weighted by molar-refractivity contribution is 6.08. The zero-order chi connectivity index (χ0) is 19.3. The number of aliphatic hydroxyl groups is 1. The van der Waals surface area contributed by atoms with Gasteiger partial charge in [-0.2, -0.15) is 8.78 Å². The lowest BCUT2D eigenvalue weighted by Gasteiger charge is -2.26. The van der Waals surface area contributed by atoms with Crippen molar-refractivity contribution >= 4 is 22.1 Å². The van der Waals surface area contributed by atoms with Crippen LogP contribution >= 0.6 is 0 Å². The molecule has 2 N–H and O–H groups in total. The van der Waals surface area contributed by atoms with Gasteiger partial charge >= 0.3 is 6.17 Å². The number of alkyl halides is 2. The molecule has 4 nitrogen and oxygen atoms in total. The van der Waals surface area contributed by atoms with Gasteiger partial charge in [-0.05, 0) is 52.8 Å². The third-order valence-electron chi connectivity index (χ3n) is 5.99. The van der Waals surface area contributed by atoms with Crippen LogP contribution in [0.3, 0.4) is 0 Å². The molecular weight excluding hydrogens is 350 g/mol. The number of hydrogen-bond acceptors (Lipinski definition) is 4. The number of nitrogens with zero attached hydrogens (tertiary/aromatic N) is 2. The Hall–Kier alpha value is -2.86. The van der Waals surface area contributed by atoms with E-state index in [1.54, 1.807) is 25.1 Å². The van der Waals surface area contributed by atoms with E-state index in [-0.39, 0.29) is 5.75 Å². The molecule has 6 heteroatoms. The first-order valence-electron chi connectivity index (χ1n) is 8.67. The van der Waals surface area contributed by atoms with E-state index in [4.69, 9.17) is 0 Å². The molecule has 0 fully saturated rings. The molecule has 1 aliphatic heterocycles. The normalized spacial score (nSPS) is 22.1. The fraction of sp³-hybridized carbons (Fsp3) is 0.238. The van der Waals surface area contributed by atoms with Crippen LogP contribution in [-0.4, -0.2) is 30.5 Å². The minimum absolute atomic E-state index is 0.0362. The molecule has 0 spiro atoms. The topological polar surface area (TPSA) is 46.9 Å². The van der Waals surface area contributed by atoms with Gasteiger partial charge in [-0.3, -0.25) is 9.80 Å². The first kappa shape index (κ1) is 16.3. The second kappa shape index (κ2) is 4.70. The molecule has 138 valence electrons. The average molecular weight is 368 g/mol. The van der Waals surface area contributed by atoms with Crippen molar-refractivity contribution in [2.24, 2.45) is 0 Å². The third-order valence-corrected chi connectivity index (χ3v) is 5.99. The Morgan fingerprint density at radius 2 is 1.48 bits per heavy atom. The van der Waals surface area contributed by atoms with Crippen molar-refractivity contribution in [1.29, 1.82) is 0 Å². The Morgan fingerprint density at radius 3 is 2.15 bits per heavy atom. The van der Waals surface area contributed by atoms with Crippen molar-refractivity contribution < 1.29 is 19.0 Å². The molecule has 2 aliphatic rings. The Labute approximate surface area is 154 Å². The molecule has 0 bridgehead atoms. The fourth-order valence-corrected chi connectivity index (χ4v) is 4.42. The number of hydrogen-bond donors (Lipinski definition) is 2. The summed E-state index contributed by atoms with van der Waals surface area (Å²) in [6, 6.07) is 12.3. The molecule has 0 aromatic heterocycles. The molecule has 3 aromatic carbocycles. The predicted molar refractivity (Wildman–Crippen MR) is 101 cm³/mol. The van der Waals surface area contributed by atoms with E-state index in [2.05, 4.69) is 0 Å². The number of fused-ring (bicyclic) bond motifs is 6. The SMILES string of the molecule is CN1c2cc3c(O)cc4c(c3cc2N(C)C1(F)F)-c1ccccc1C4(C)O. The lowest BCUT2D eigenvalue weighted by Crippen LogP contribution is -2.46. The lowest BCUT2D eigenvalue weighted by molar-refractivity contribution is 0.0122. The van der Waals surface area contributed by atoms with E-state index in [1.807, 2.05) is 24.3 Å². The molecule has 0 saturated heterocycles. The van der Waals surface area contributed by atoms with Gasteiger partial charge in [0, 0.05) is 19.5 Å². The van der Waals surface area contributed by atoms with E-state index in [0.717, 1.165) is 26.5 Å². The van der Waals surface area contributed by atoms with E-state index >= 15 is 0 Å². The third kappa shape index (κ3) is 1.78. The Morgan fingerprint density at radius 1 is 0.889 bits per heavy atom. The van der Waals surface area contributed by atoms with Crippen LogP contribution in [0.1, 0.15) is 18.1 Å². The maximum absolute atomic E-state index is 14.5.